The summed E-state index contributed by atoms with van der Waals surface area (Å²) < 4.78 is 1.98. The first kappa shape index (κ1) is 10.1. The number of benzene rings is 1. The topological polar surface area (TPSA) is 55.1 Å². The third-order valence-corrected chi connectivity index (χ3v) is 2.98. The second kappa shape index (κ2) is 3.73. The fraction of sp³-hybridized carbons (Fsp3) is 0.231. The van der Waals surface area contributed by atoms with Gasteiger partial charge in [0, 0.05) is 24.0 Å². The highest BCUT2D eigenvalue weighted by Crippen LogP contribution is 2.39. The van der Waals surface area contributed by atoms with Gasteiger partial charge in [-0.25, -0.2) is 9.78 Å². The number of carbonyl (C=O) groups is 1. The van der Waals surface area contributed by atoms with Gasteiger partial charge < -0.3 is 9.67 Å². The quantitative estimate of drug-likeness (QED) is 0.877. The summed E-state index contributed by atoms with van der Waals surface area (Å²) in [5.41, 5.74) is 1.17. The van der Waals surface area contributed by atoms with Gasteiger partial charge >= 0.3 is 5.97 Å². The van der Waals surface area contributed by atoms with Crippen molar-refractivity contribution in [2.75, 3.05) is 0 Å². The largest absolute Gasteiger partial charge is 0.478 e. The fourth-order valence-corrected chi connectivity index (χ4v) is 1.97. The number of aromatic nitrogens is 2. The molecule has 4 nitrogen and oxygen atoms in total. The summed E-state index contributed by atoms with van der Waals surface area (Å²) in [4.78, 5) is 15.3. The molecule has 0 aliphatic heterocycles. The van der Waals surface area contributed by atoms with Crippen molar-refractivity contribution in [2.45, 2.75) is 18.8 Å². The molecule has 0 spiro atoms. The average Bonchev–Trinajstić information content (AvgIpc) is 3.07. The zero-order valence-electron chi connectivity index (χ0n) is 9.21. The Hall–Kier alpha value is -2.10. The third kappa shape index (κ3) is 1.82. The van der Waals surface area contributed by atoms with Crippen LogP contribution in [0, 0.1) is 0 Å². The molecule has 0 bridgehead atoms. The molecule has 1 N–H and O–H groups in total. The molecule has 17 heavy (non-hydrogen) atoms. The molecule has 1 aliphatic rings. The summed E-state index contributed by atoms with van der Waals surface area (Å²) in [6.45, 7) is 0. The van der Waals surface area contributed by atoms with E-state index in [1.807, 2.05) is 16.8 Å². The van der Waals surface area contributed by atoms with E-state index in [2.05, 4.69) is 4.98 Å². The maximum absolute atomic E-state index is 10.9. The first-order chi connectivity index (χ1) is 8.25. The molecule has 0 saturated heterocycles. The molecule has 2 aromatic rings. The Labute approximate surface area is 98.5 Å². The lowest BCUT2D eigenvalue weighted by molar-refractivity contribution is 0.0697. The van der Waals surface area contributed by atoms with Gasteiger partial charge in [0.05, 0.1) is 5.56 Å². The van der Waals surface area contributed by atoms with Crippen LogP contribution in [0.2, 0.25) is 0 Å². The molecule has 1 heterocycles. The van der Waals surface area contributed by atoms with Crippen molar-refractivity contribution in [3.8, 4) is 5.69 Å². The normalized spacial score (nSPS) is 14.8. The number of aromatic carboxylic acids is 1. The summed E-state index contributed by atoms with van der Waals surface area (Å²) in [6, 6.07) is 6.94. The van der Waals surface area contributed by atoms with E-state index in [0.717, 1.165) is 11.5 Å². The van der Waals surface area contributed by atoms with Crippen LogP contribution in [0.1, 0.15) is 34.9 Å². The summed E-state index contributed by atoms with van der Waals surface area (Å²) in [7, 11) is 0. The smallest absolute Gasteiger partial charge is 0.335 e. The molecular weight excluding hydrogens is 216 g/mol. The highest BCUT2D eigenvalue weighted by molar-refractivity contribution is 5.88. The van der Waals surface area contributed by atoms with Crippen LogP contribution in [0.25, 0.3) is 5.69 Å². The SMILES string of the molecule is O=C(O)c1cccc(-n2ccnc2C2CC2)c1. The molecule has 0 unspecified atom stereocenters. The van der Waals surface area contributed by atoms with Crippen molar-refractivity contribution in [1.82, 2.24) is 9.55 Å². The van der Waals surface area contributed by atoms with Crippen molar-refractivity contribution < 1.29 is 9.90 Å². The lowest BCUT2D eigenvalue weighted by Gasteiger charge is -2.07. The minimum atomic E-state index is -0.903. The number of hydrogen-bond donors (Lipinski definition) is 1. The molecule has 1 aromatic heterocycles. The van der Waals surface area contributed by atoms with Crippen LogP contribution in [0.4, 0.5) is 0 Å². The van der Waals surface area contributed by atoms with Gasteiger partial charge in [-0.05, 0) is 31.0 Å². The zero-order chi connectivity index (χ0) is 11.8. The van der Waals surface area contributed by atoms with Crippen LogP contribution in [0.3, 0.4) is 0 Å². The van der Waals surface area contributed by atoms with Crippen LogP contribution < -0.4 is 0 Å². The summed E-state index contributed by atoms with van der Waals surface area (Å²) in [5, 5.41) is 8.97. The van der Waals surface area contributed by atoms with Crippen molar-refractivity contribution in [2.24, 2.45) is 0 Å². The third-order valence-electron chi connectivity index (χ3n) is 2.98. The van der Waals surface area contributed by atoms with Gasteiger partial charge in [0.25, 0.3) is 0 Å². The number of nitrogens with zero attached hydrogens (tertiary/aromatic N) is 2. The van der Waals surface area contributed by atoms with E-state index in [1.54, 1.807) is 24.4 Å². The first-order valence-electron chi connectivity index (χ1n) is 5.62. The summed E-state index contributed by atoms with van der Waals surface area (Å²) >= 11 is 0. The van der Waals surface area contributed by atoms with Crippen molar-refractivity contribution in [3.63, 3.8) is 0 Å². The molecule has 1 fully saturated rings. The Morgan fingerprint density at radius 3 is 2.94 bits per heavy atom. The Morgan fingerprint density at radius 1 is 1.41 bits per heavy atom. The number of rotatable bonds is 3. The van der Waals surface area contributed by atoms with E-state index < -0.39 is 5.97 Å². The van der Waals surface area contributed by atoms with Crippen LogP contribution >= 0.6 is 0 Å². The minimum Gasteiger partial charge on any atom is -0.478 e. The first-order valence-corrected chi connectivity index (χ1v) is 5.62. The summed E-state index contributed by atoms with van der Waals surface area (Å²) in [5.74, 6) is 0.672. The Bertz CT molecular complexity index is 570. The van der Waals surface area contributed by atoms with Gasteiger partial charge in [-0.3, -0.25) is 0 Å². The van der Waals surface area contributed by atoms with E-state index in [9.17, 15) is 4.79 Å². The van der Waals surface area contributed by atoms with Crippen molar-refractivity contribution >= 4 is 5.97 Å². The van der Waals surface area contributed by atoms with E-state index in [-0.39, 0.29) is 0 Å². The Balaban J connectivity index is 2.05. The molecular formula is C13H12N2O2. The maximum atomic E-state index is 10.9. The Kier molecular flexibility index (Phi) is 2.21. The lowest BCUT2D eigenvalue weighted by Crippen LogP contribution is -2.02. The number of hydrogen-bond acceptors (Lipinski definition) is 2. The molecule has 0 amide bonds. The predicted molar refractivity (Wildman–Crippen MR) is 62.5 cm³/mol. The molecule has 4 heteroatoms. The molecule has 86 valence electrons. The average molecular weight is 228 g/mol. The fourth-order valence-electron chi connectivity index (χ4n) is 1.97. The van der Waals surface area contributed by atoms with Gasteiger partial charge in [0.2, 0.25) is 0 Å². The lowest BCUT2D eigenvalue weighted by atomic mass is 10.2. The standard InChI is InChI=1S/C13H12N2O2/c16-13(17)10-2-1-3-11(8-10)15-7-6-14-12(15)9-4-5-9/h1-3,6-9H,4-5H2,(H,16,17). The van der Waals surface area contributed by atoms with Crippen molar-refractivity contribution in [3.05, 3.63) is 48.0 Å². The Morgan fingerprint density at radius 2 is 2.24 bits per heavy atom. The molecule has 3 rings (SSSR count). The van der Waals surface area contributed by atoms with Crippen molar-refractivity contribution in [1.29, 1.82) is 0 Å². The molecule has 0 atom stereocenters. The zero-order valence-corrected chi connectivity index (χ0v) is 9.21. The monoisotopic (exact) mass is 228 g/mol. The molecule has 1 aliphatic carbocycles. The molecule has 1 saturated carbocycles. The van der Waals surface area contributed by atoms with Gasteiger partial charge in [0.15, 0.2) is 0 Å². The molecule has 0 radical (unpaired) electrons. The molecule has 1 aromatic carbocycles. The second-order valence-corrected chi connectivity index (χ2v) is 4.29. The van der Waals surface area contributed by atoms with Crippen LogP contribution in [-0.4, -0.2) is 20.6 Å². The van der Waals surface area contributed by atoms with Gasteiger partial charge in [0.1, 0.15) is 5.82 Å². The number of carboxylic acids is 1. The number of carboxylic acid groups (broad SMARTS) is 1. The number of imidazole rings is 1. The van der Waals surface area contributed by atoms with Gasteiger partial charge in [-0.1, -0.05) is 6.07 Å². The van der Waals surface area contributed by atoms with Crippen LogP contribution in [0.5, 0.6) is 0 Å². The van der Waals surface area contributed by atoms with Crippen LogP contribution in [-0.2, 0) is 0 Å². The van der Waals surface area contributed by atoms with Crippen LogP contribution in [0.15, 0.2) is 36.7 Å². The highest BCUT2D eigenvalue weighted by atomic mass is 16.4. The summed E-state index contributed by atoms with van der Waals surface area (Å²) in [6.07, 6.45) is 6.00. The van der Waals surface area contributed by atoms with E-state index in [0.29, 0.717) is 11.5 Å². The van der Waals surface area contributed by atoms with Gasteiger partial charge in [-0.15, -0.1) is 0 Å². The maximum Gasteiger partial charge on any atom is 0.335 e. The minimum absolute atomic E-state index is 0.304. The second-order valence-electron chi connectivity index (χ2n) is 4.29. The van der Waals surface area contributed by atoms with E-state index in [1.165, 1.54) is 12.8 Å². The predicted octanol–water partition coefficient (Wildman–Crippen LogP) is 2.45. The highest BCUT2D eigenvalue weighted by Gasteiger charge is 2.28. The van der Waals surface area contributed by atoms with Gasteiger partial charge in [-0.2, -0.15) is 0 Å². The van der Waals surface area contributed by atoms with E-state index >= 15 is 0 Å². The van der Waals surface area contributed by atoms with E-state index in [4.69, 9.17) is 5.11 Å².